The third-order valence-electron chi connectivity index (χ3n) is 2.62. The number of aryl methyl sites for hydroxylation is 1. The zero-order valence-corrected chi connectivity index (χ0v) is 9.07. The molecule has 2 rings (SSSR count). The number of nitriles is 1. The summed E-state index contributed by atoms with van der Waals surface area (Å²) in [5, 5.41) is 9.10. The minimum Gasteiger partial charge on any atom is -0.398 e. The van der Waals surface area contributed by atoms with Crippen molar-refractivity contribution in [1.29, 1.82) is 5.26 Å². The van der Waals surface area contributed by atoms with Crippen molar-refractivity contribution in [3.8, 4) is 17.2 Å². The molecule has 0 saturated heterocycles. The molecule has 0 aliphatic heterocycles. The first-order valence-electron chi connectivity index (χ1n) is 5.08. The second-order valence-electron chi connectivity index (χ2n) is 3.70. The molecule has 0 heterocycles. The fraction of sp³-hybridized carbons (Fsp3) is 0.0714. The molecule has 0 bridgehead atoms. The van der Waals surface area contributed by atoms with Crippen molar-refractivity contribution in [1.82, 2.24) is 0 Å². The van der Waals surface area contributed by atoms with E-state index in [1.54, 1.807) is 0 Å². The molecule has 0 spiro atoms. The molecule has 2 heteroatoms. The average molecular weight is 208 g/mol. The van der Waals surface area contributed by atoms with Crippen LogP contribution in [-0.2, 0) is 0 Å². The molecule has 0 amide bonds. The number of anilines is 1. The molecule has 0 unspecified atom stereocenters. The van der Waals surface area contributed by atoms with E-state index in [9.17, 15) is 0 Å². The Bertz CT molecular complexity index is 565. The van der Waals surface area contributed by atoms with E-state index < -0.39 is 0 Å². The Hall–Kier alpha value is -2.27. The van der Waals surface area contributed by atoms with Crippen molar-refractivity contribution >= 4 is 5.69 Å². The lowest BCUT2D eigenvalue weighted by molar-refractivity contribution is 1.41. The number of nitrogens with zero attached hydrogens (tertiary/aromatic N) is 1. The van der Waals surface area contributed by atoms with Crippen LogP contribution in [0.4, 0.5) is 5.69 Å². The van der Waals surface area contributed by atoms with E-state index in [2.05, 4.69) is 6.07 Å². The Balaban J connectivity index is 2.75. The maximum Gasteiger partial charge on any atom is 0.0998 e. The minimum absolute atomic E-state index is 0.665. The predicted octanol–water partition coefficient (Wildman–Crippen LogP) is 3.12. The molecule has 0 saturated carbocycles. The van der Waals surface area contributed by atoms with Gasteiger partial charge in [0.25, 0.3) is 0 Å². The van der Waals surface area contributed by atoms with Crippen LogP contribution < -0.4 is 5.73 Å². The van der Waals surface area contributed by atoms with E-state index in [-0.39, 0.29) is 0 Å². The van der Waals surface area contributed by atoms with Crippen molar-refractivity contribution in [3.05, 3.63) is 53.6 Å². The Morgan fingerprint density at radius 3 is 2.50 bits per heavy atom. The largest absolute Gasteiger partial charge is 0.398 e. The summed E-state index contributed by atoms with van der Waals surface area (Å²) in [6.07, 6.45) is 0. The van der Waals surface area contributed by atoms with Crippen molar-refractivity contribution < 1.29 is 0 Å². The number of rotatable bonds is 1. The van der Waals surface area contributed by atoms with Gasteiger partial charge in [-0.2, -0.15) is 5.26 Å². The monoisotopic (exact) mass is 208 g/mol. The highest BCUT2D eigenvalue weighted by Crippen LogP contribution is 2.31. The van der Waals surface area contributed by atoms with Crippen LogP contribution in [0.1, 0.15) is 11.1 Å². The third kappa shape index (κ3) is 1.64. The highest BCUT2D eigenvalue weighted by Gasteiger charge is 2.09. The highest BCUT2D eigenvalue weighted by molar-refractivity contribution is 5.82. The lowest BCUT2D eigenvalue weighted by atomic mass is 9.94. The summed E-state index contributed by atoms with van der Waals surface area (Å²) in [5.41, 5.74) is 10.2. The van der Waals surface area contributed by atoms with Crippen LogP contribution in [0.3, 0.4) is 0 Å². The first kappa shape index (κ1) is 10.3. The summed E-state index contributed by atoms with van der Waals surface area (Å²) in [5.74, 6) is 0. The Labute approximate surface area is 95.0 Å². The van der Waals surface area contributed by atoms with Gasteiger partial charge in [0.15, 0.2) is 0 Å². The molecular weight excluding hydrogens is 196 g/mol. The van der Waals surface area contributed by atoms with Gasteiger partial charge in [-0.25, -0.2) is 0 Å². The number of hydrogen-bond donors (Lipinski definition) is 1. The quantitative estimate of drug-likeness (QED) is 0.732. The normalized spacial score (nSPS) is 9.75. The van der Waals surface area contributed by atoms with Crippen LogP contribution in [0, 0.1) is 18.3 Å². The molecule has 16 heavy (non-hydrogen) atoms. The summed E-state index contributed by atoms with van der Waals surface area (Å²) in [6.45, 7) is 1.99. The van der Waals surface area contributed by atoms with Crippen molar-refractivity contribution in [2.45, 2.75) is 6.92 Å². The molecule has 2 aromatic carbocycles. The number of para-hydroxylation sites is 1. The maximum atomic E-state index is 9.10. The summed E-state index contributed by atoms with van der Waals surface area (Å²) in [6, 6.07) is 15.5. The fourth-order valence-corrected chi connectivity index (χ4v) is 1.84. The van der Waals surface area contributed by atoms with Gasteiger partial charge in [0.1, 0.15) is 0 Å². The number of nitrogens with two attached hydrogens (primary N) is 1. The van der Waals surface area contributed by atoms with Crippen LogP contribution in [0.2, 0.25) is 0 Å². The maximum absolute atomic E-state index is 9.10. The van der Waals surface area contributed by atoms with Crippen LogP contribution in [0.5, 0.6) is 0 Å². The summed E-state index contributed by atoms with van der Waals surface area (Å²) in [7, 11) is 0. The smallest absolute Gasteiger partial charge is 0.0998 e. The van der Waals surface area contributed by atoms with Gasteiger partial charge in [-0.05, 0) is 24.6 Å². The van der Waals surface area contributed by atoms with E-state index in [0.29, 0.717) is 11.3 Å². The Kier molecular flexibility index (Phi) is 2.61. The van der Waals surface area contributed by atoms with Crippen LogP contribution in [0.15, 0.2) is 42.5 Å². The first-order chi connectivity index (χ1) is 7.74. The first-order valence-corrected chi connectivity index (χ1v) is 5.08. The van der Waals surface area contributed by atoms with E-state index in [1.165, 1.54) is 0 Å². The second kappa shape index (κ2) is 4.08. The molecule has 0 aliphatic rings. The van der Waals surface area contributed by atoms with Gasteiger partial charge in [0.05, 0.1) is 11.6 Å². The van der Waals surface area contributed by atoms with Crippen LogP contribution in [-0.4, -0.2) is 0 Å². The molecular formula is C14H12N2. The van der Waals surface area contributed by atoms with Gasteiger partial charge in [-0.3, -0.25) is 0 Å². The highest BCUT2D eigenvalue weighted by atomic mass is 14.6. The van der Waals surface area contributed by atoms with E-state index >= 15 is 0 Å². The van der Waals surface area contributed by atoms with Crippen molar-refractivity contribution in [3.63, 3.8) is 0 Å². The summed E-state index contributed by atoms with van der Waals surface area (Å²) in [4.78, 5) is 0. The molecule has 0 aliphatic carbocycles. The van der Waals surface area contributed by atoms with E-state index in [4.69, 9.17) is 11.0 Å². The molecule has 0 fully saturated rings. The molecule has 2 aromatic rings. The fourth-order valence-electron chi connectivity index (χ4n) is 1.84. The van der Waals surface area contributed by atoms with E-state index in [0.717, 1.165) is 16.7 Å². The van der Waals surface area contributed by atoms with Gasteiger partial charge in [-0.1, -0.05) is 30.3 Å². The Morgan fingerprint density at radius 2 is 1.81 bits per heavy atom. The van der Waals surface area contributed by atoms with Gasteiger partial charge in [-0.15, -0.1) is 0 Å². The van der Waals surface area contributed by atoms with Crippen molar-refractivity contribution in [2.24, 2.45) is 0 Å². The van der Waals surface area contributed by atoms with Crippen LogP contribution >= 0.6 is 0 Å². The number of hydrogen-bond acceptors (Lipinski definition) is 2. The number of benzene rings is 2. The lowest BCUT2D eigenvalue weighted by Crippen LogP contribution is -1.94. The second-order valence-corrected chi connectivity index (χ2v) is 3.70. The molecule has 0 radical (unpaired) electrons. The Morgan fingerprint density at radius 1 is 1.06 bits per heavy atom. The minimum atomic E-state index is 0.665. The van der Waals surface area contributed by atoms with Gasteiger partial charge in [0.2, 0.25) is 0 Å². The molecule has 0 aromatic heterocycles. The molecule has 2 N–H and O–H groups in total. The SMILES string of the molecule is Cc1cccc(C#N)c1-c1ccccc1N. The van der Waals surface area contributed by atoms with Gasteiger partial charge in [0, 0.05) is 16.8 Å². The predicted molar refractivity (Wildman–Crippen MR) is 65.7 cm³/mol. The molecule has 78 valence electrons. The van der Waals surface area contributed by atoms with E-state index in [1.807, 2.05) is 49.4 Å². The standard InChI is InChI=1S/C14H12N2/c1-10-5-4-6-11(9-15)14(10)12-7-2-3-8-13(12)16/h2-8H,16H2,1H3. The van der Waals surface area contributed by atoms with Crippen molar-refractivity contribution in [2.75, 3.05) is 5.73 Å². The topological polar surface area (TPSA) is 49.8 Å². The summed E-state index contributed by atoms with van der Waals surface area (Å²) >= 11 is 0. The zero-order valence-electron chi connectivity index (χ0n) is 9.07. The number of nitrogen functional groups attached to an aromatic ring is 1. The lowest BCUT2D eigenvalue weighted by Gasteiger charge is -2.10. The average Bonchev–Trinajstić information content (AvgIpc) is 2.30. The third-order valence-corrected chi connectivity index (χ3v) is 2.62. The summed E-state index contributed by atoms with van der Waals surface area (Å²) < 4.78 is 0. The van der Waals surface area contributed by atoms with Gasteiger partial charge >= 0.3 is 0 Å². The zero-order chi connectivity index (χ0) is 11.5. The molecule has 2 nitrogen and oxygen atoms in total. The molecule has 0 atom stereocenters. The van der Waals surface area contributed by atoms with Gasteiger partial charge < -0.3 is 5.73 Å². The van der Waals surface area contributed by atoms with Crippen LogP contribution in [0.25, 0.3) is 11.1 Å².